The highest BCUT2D eigenvalue weighted by Gasteiger charge is 2.21. The van der Waals surface area contributed by atoms with Crippen molar-refractivity contribution in [2.45, 2.75) is 0 Å². The Bertz CT molecular complexity index is 3030. The maximum absolute atomic E-state index is 6.34. The second kappa shape index (κ2) is 10.0. The number of rotatable bonds is 3. The zero-order valence-corrected chi connectivity index (χ0v) is 26.6. The van der Waals surface area contributed by atoms with Crippen LogP contribution in [0.1, 0.15) is 0 Å². The van der Waals surface area contributed by atoms with E-state index in [9.17, 15) is 0 Å². The summed E-state index contributed by atoms with van der Waals surface area (Å²) >= 11 is 0. The van der Waals surface area contributed by atoms with Gasteiger partial charge in [-0.1, -0.05) is 152 Å². The van der Waals surface area contributed by atoms with Gasteiger partial charge in [0, 0.05) is 10.8 Å². The lowest BCUT2D eigenvalue weighted by Crippen LogP contribution is -1.92. The van der Waals surface area contributed by atoms with Crippen LogP contribution in [0.4, 0.5) is 0 Å². The third-order valence-electron chi connectivity index (χ3n) is 10.6. The van der Waals surface area contributed by atoms with Crippen molar-refractivity contribution in [2.24, 2.45) is 0 Å². The van der Waals surface area contributed by atoms with Gasteiger partial charge in [0.05, 0.1) is 0 Å². The maximum atomic E-state index is 6.34. The van der Waals surface area contributed by atoms with Gasteiger partial charge in [-0.25, -0.2) is 0 Å². The summed E-state index contributed by atoms with van der Waals surface area (Å²) in [6.45, 7) is 0. The van der Waals surface area contributed by atoms with E-state index in [2.05, 4.69) is 170 Å². The molecule has 0 radical (unpaired) electrons. The molecule has 0 spiro atoms. The van der Waals surface area contributed by atoms with Crippen molar-refractivity contribution in [3.63, 3.8) is 0 Å². The van der Waals surface area contributed by atoms with Gasteiger partial charge in [-0.05, 0) is 105 Å². The van der Waals surface area contributed by atoms with E-state index in [1.165, 1.54) is 98.0 Å². The highest BCUT2D eigenvalue weighted by molar-refractivity contribution is 6.28. The molecule has 226 valence electrons. The Morgan fingerprint density at radius 3 is 1.57 bits per heavy atom. The molecule has 0 unspecified atom stereocenters. The fraction of sp³-hybridized carbons (Fsp3) is 0. The van der Waals surface area contributed by atoms with Gasteiger partial charge in [0.1, 0.15) is 11.2 Å². The van der Waals surface area contributed by atoms with Gasteiger partial charge in [0.2, 0.25) is 0 Å². The second-order valence-corrected chi connectivity index (χ2v) is 13.2. The van der Waals surface area contributed by atoms with Crippen LogP contribution < -0.4 is 0 Å². The third kappa shape index (κ3) is 3.76. The average Bonchev–Trinajstić information content (AvgIpc) is 3.56. The standard InChI is InChI=1S/C48H28O/c1-2-12-34-29(9-1)19-22-31-10-7-17-35(44(31)34)30-20-23-33(24-21-30)45-36-13-3-5-15-38(36)47(39-16-6-4-14-37(39)45)40-27-28-43-48-41(40)26-25-32-11-8-18-42(49-43)46(32)48/h1-28H. The van der Waals surface area contributed by atoms with Crippen LogP contribution in [0.2, 0.25) is 0 Å². The minimum absolute atomic E-state index is 0.940. The quantitative estimate of drug-likeness (QED) is 0.141. The van der Waals surface area contributed by atoms with Crippen LogP contribution in [0.3, 0.4) is 0 Å². The van der Waals surface area contributed by atoms with E-state index in [-0.39, 0.29) is 0 Å². The van der Waals surface area contributed by atoms with E-state index in [0.29, 0.717) is 0 Å². The summed E-state index contributed by atoms with van der Waals surface area (Å²) in [5.41, 5.74) is 9.36. The van der Waals surface area contributed by atoms with Gasteiger partial charge in [0.25, 0.3) is 0 Å². The molecule has 0 saturated heterocycles. The fourth-order valence-corrected chi connectivity index (χ4v) is 8.51. The molecular formula is C48H28O. The Balaban J connectivity index is 1.15. The first-order valence-corrected chi connectivity index (χ1v) is 16.9. The summed E-state index contributed by atoms with van der Waals surface area (Å²) in [5, 5.41) is 15.0. The number of benzene rings is 10. The van der Waals surface area contributed by atoms with E-state index in [4.69, 9.17) is 4.42 Å². The van der Waals surface area contributed by atoms with Gasteiger partial charge in [-0.2, -0.15) is 0 Å². The fourth-order valence-electron chi connectivity index (χ4n) is 8.51. The first-order valence-electron chi connectivity index (χ1n) is 16.9. The molecule has 10 aromatic carbocycles. The smallest absolute Gasteiger partial charge is 0.136 e. The summed E-state index contributed by atoms with van der Waals surface area (Å²) in [7, 11) is 0. The summed E-state index contributed by atoms with van der Waals surface area (Å²) in [6.07, 6.45) is 0. The van der Waals surface area contributed by atoms with Crippen molar-refractivity contribution in [2.75, 3.05) is 0 Å². The lowest BCUT2D eigenvalue weighted by Gasteiger charge is -2.19. The molecule has 1 nitrogen and oxygen atoms in total. The molecule has 0 N–H and O–H groups in total. The molecule has 1 heteroatoms. The van der Waals surface area contributed by atoms with E-state index in [1.807, 2.05) is 0 Å². The molecule has 1 heterocycles. The zero-order chi connectivity index (χ0) is 32.1. The molecule has 1 aromatic heterocycles. The van der Waals surface area contributed by atoms with Gasteiger partial charge in [-0.15, -0.1) is 0 Å². The molecule has 0 aliphatic carbocycles. The predicted octanol–water partition coefficient (Wildman–Crippen LogP) is 13.8. The summed E-state index contributed by atoms with van der Waals surface area (Å²) in [5.74, 6) is 0. The van der Waals surface area contributed by atoms with E-state index >= 15 is 0 Å². The van der Waals surface area contributed by atoms with Crippen LogP contribution in [-0.4, -0.2) is 0 Å². The molecule has 49 heavy (non-hydrogen) atoms. The van der Waals surface area contributed by atoms with Crippen LogP contribution in [0, 0.1) is 0 Å². The maximum Gasteiger partial charge on any atom is 0.136 e. The zero-order valence-electron chi connectivity index (χ0n) is 26.6. The SMILES string of the molecule is c1ccc2c(c1)ccc1cccc(-c3ccc(-c4c5ccccc5c(-c5ccc6oc7cccc8ccc5c6c87)c5ccccc45)cc3)c12. The highest BCUT2D eigenvalue weighted by Crippen LogP contribution is 2.48. The van der Waals surface area contributed by atoms with Crippen LogP contribution in [0.15, 0.2) is 174 Å². The van der Waals surface area contributed by atoms with Crippen LogP contribution in [-0.2, 0) is 0 Å². The first kappa shape index (κ1) is 26.6. The molecule has 0 saturated carbocycles. The predicted molar refractivity (Wildman–Crippen MR) is 209 cm³/mol. The topological polar surface area (TPSA) is 13.1 Å². The van der Waals surface area contributed by atoms with E-state index < -0.39 is 0 Å². The molecule has 11 rings (SSSR count). The molecular weight excluding hydrogens is 593 g/mol. The van der Waals surface area contributed by atoms with Crippen molar-refractivity contribution >= 4 is 75.8 Å². The Hall–Kier alpha value is -6.44. The second-order valence-electron chi connectivity index (χ2n) is 13.2. The monoisotopic (exact) mass is 620 g/mol. The molecule has 0 bridgehead atoms. The summed E-state index contributed by atoms with van der Waals surface area (Å²) in [6, 6.07) is 62.1. The Morgan fingerprint density at radius 2 is 0.816 bits per heavy atom. The van der Waals surface area contributed by atoms with Crippen molar-refractivity contribution in [1.82, 2.24) is 0 Å². The van der Waals surface area contributed by atoms with Crippen molar-refractivity contribution < 1.29 is 4.42 Å². The van der Waals surface area contributed by atoms with Crippen LogP contribution in [0.25, 0.3) is 109 Å². The lowest BCUT2D eigenvalue weighted by atomic mass is 9.84. The third-order valence-corrected chi connectivity index (χ3v) is 10.6. The van der Waals surface area contributed by atoms with Crippen molar-refractivity contribution in [3.05, 3.63) is 170 Å². The number of hydrogen-bond acceptors (Lipinski definition) is 1. The van der Waals surface area contributed by atoms with Crippen molar-refractivity contribution in [3.8, 4) is 33.4 Å². The van der Waals surface area contributed by atoms with Gasteiger partial charge in [0.15, 0.2) is 0 Å². The lowest BCUT2D eigenvalue weighted by molar-refractivity contribution is 0.669. The molecule has 0 aliphatic heterocycles. The van der Waals surface area contributed by atoms with Crippen molar-refractivity contribution in [1.29, 1.82) is 0 Å². The number of hydrogen-bond donors (Lipinski definition) is 0. The molecule has 0 amide bonds. The molecule has 11 aromatic rings. The van der Waals surface area contributed by atoms with E-state index in [1.54, 1.807) is 0 Å². The number of fused-ring (bicyclic) bond motifs is 5. The molecule has 0 fully saturated rings. The van der Waals surface area contributed by atoms with Crippen LogP contribution >= 0.6 is 0 Å². The Morgan fingerprint density at radius 1 is 0.265 bits per heavy atom. The molecule has 0 aliphatic rings. The summed E-state index contributed by atoms with van der Waals surface area (Å²) < 4.78 is 6.34. The van der Waals surface area contributed by atoms with Crippen LogP contribution in [0.5, 0.6) is 0 Å². The largest absolute Gasteiger partial charge is 0.456 e. The van der Waals surface area contributed by atoms with E-state index in [0.717, 1.165) is 11.2 Å². The minimum Gasteiger partial charge on any atom is -0.456 e. The average molecular weight is 621 g/mol. The highest BCUT2D eigenvalue weighted by atomic mass is 16.3. The summed E-state index contributed by atoms with van der Waals surface area (Å²) in [4.78, 5) is 0. The minimum atomic E-state index is 0.940. The Kier molecular flexibility index (Phi) is 5.45. The normalized spacial score (nSPS) is 12.1. The molecule has 0 atom stereocenters. The first-order chi connectivity index (χ1) is 24.3. The van der Waals surface area contributed by atoms with Gasteiger partial charge >= 0.3 is 0 Å². The number of furan rings is 1. The Labute approximate surface area is 282 Å². The van der Waals surface area contributed by atoms with Gasteiger partial charge < -0.3 is 4.42 Å². The van der Waals surface area contributed by atoms with Gasteiger partial charge in [-0.3, -0.25) is 0 Å².